The third-order valence-corrected chi connectivity index (χ3v) is 2.41. The quantitative estimate of drug-likeness (QED) is 0.743. The van der Waals surface area contributed by atoms with Gasteiger partial charge in [0.2, 0.25) is 0 Å². The number of hydrogen-bond acceptors (Lipinski definition) is 4. The Morgan fingerprint density at radius 3 is 2.35 bits per heavy atom. The van der Waals surface area contributed by atoms with Crippen molar-refractivity contribution < 1.29 is 19.7 Å². The van der Waals surface area contributed by atoms with E-state index in [9.17, 15) is 10.2 Å². The number of hydrogen-bond donors (Lipinski definition) is 2. The Hall–Kier alpha value is -1.70. The molecule has 0 amide bonds. The summed E-state index contributed by atoms with van der Waals surface area (Å²) in [6.07, 6.45) is 3.94. The minimum atomic E-state index is -1.59. The highest BCUT2D eigenvalue weighted by molar-refractivity contribution is 5.31. The number of aliphatic hydroxyl groups is 2. The maximum absolute atomic E-state index is 9.60. The van der Waals surface area contributed by atoms with Crippen LogP contribution in [0.5, 0.6) is 11.5 Å². The van der Waals surface area contributed by atoms with Crippen molar-refractivity contribution in [3.63, 3.8) is 0 Å². The minimum Gasteiger partial charge on any atom is -0.497 e. The molecule has 2 atom stereocenters. The lowest BCUT2D eigenvalue weighted by Crippen LogP contribution is -2.41. The average Bonchev–Trinajstić information content (AvgIpc) is 2.36. The molecule has 0 saturated carbocycles. The van der Waals surface area contributed by atoms with Gasteiger partial charge in [-0.2, -0.15) is 0 Å². The number of terminal acetylenes is 1. The molecular formula is C13H16O4. The van der Waals surface area contributed by atoms with Gasteiger partial charge in [-0.25, -0.2) is 0 Å². The van der Waals surface area contributed by atoms with Gasteiger partial charge in [-0.05, 0) is 31.2 Å². The van der Waals surface area contributed by atoms with E-state index in [4.69, 9.17) is 15.9 Å². The highest BCUT2D eigenvalue weighted by atomic mass is 16.5. The van der Waals surface area contributed by atoms with E-state index in [0.29, 0.717) is 11.5 Å². The monoisotopic (exact) mass is 236 g/mol. The van der Waals surface area contributed by atoms with E-state index in [1.165, 1.54) is 6.92 Å². The Balaban J connectivity index is 2.53. The molecule has 0 aliphatic carbocycles. The summed E-state index contributed by atoms with van der Waals surface area (Å²) >= 11 is 0. The number of benzene rings is 1. The predicted octanol–water partition coefficient (Wildman–Crippen LogP) is 0.819. The predicted molar refractivity (Wildman–Crippen MR) is 64.0 cm³/mol. The Morgan fingerprint density at radius 1 is 1.35 bits per heavy atom. The van der Waals surface area contributed by atoms with Crippen LogP contribution >= 0.6 is 0 Å². The Morgan fingerprint density at radius 2 is 1.88 bits per heavy atom. The average molecular weight is 236 g/mol. The summed E-state index contributed by atoms with van der Waals surface area (Å²) in [4.78, 5) is 0. The lowest BCUT2D eigenvalue weighted by atomic mass is 10.0. The van der Waals surface area contributed by atoms with Crippen molar-refractivity contribution in [3.8, 4) is 23.8 Å². The van der Waals surface area contributed by atoms with Crippen molar-refractivity contribution in [3.05, 3.63) is 24.3 Å². The van der Waals surface area contributed by atoms with Gasteiger partial charge < -0.3 is 19.7 Å². The second kappa shape index (κ2) is 5.58. The molecule has 2 N–H and O–H groups in total. The fourth-order valence-electron chi connectivity index (χ4n) is 1.11. The summed E-state index contributed by atoms with van der Waals surface area (Å²) in [5.41, 5.74) is -1.59. The van der Waals surface area contributed by atoms with Gasteiger partial charge in [0.05, 0.1) is 7.11 Å². The molecule has 0 aliphatic heterocycles. The number of aliphatic hydroxyl groups excluding tert-OH is 1. The van der Waals surface area contributed by atoms with E-state index >= 15 is 0 Å². The fraction of sp³-hybridized carbons (Fsp3) is 0.385. The number of methoxy groups -OCH3 is 1. The van der Waals surface area contributed by atoms with Crippen LogP contribution in [0.1, 0.15) is 6.92 Å². The van der Waals surface area contributed by atoms with Crippen LogP contribution in [0.15, 0.2) is 24.3 Å². The molecule has 0 bridgehead atoms. The Kier molecular flexibility index (Phi) is 4.38. The van der Waals surface area contributed by atoms with Crippen molar-refractivity contribution in [1.82, 2.24) is 0 Å². The topological polar surface area (TPSA) is 58.9 Å². The smallest absolute Gasteiger partial charge is 0.151 e. The third kappa shape index (κ3) is 3.66. The molecule has 4 nitrogen and oxygen atoms in total. The number of ether oxygens (including phenoxy) is 2. The second-order valence-electron chi connectivity index (χ2n) is 3.79. The molecule has 1 aromatic carbocycles. The van der Waals surface area contributed by atoms with Crippen molar-refractivity contribution >= 4 is 0 Å². The van der Waals surface area contributed by atoms with Crippen molar-refractivity contribution in [2.75, 3.05) is 13.7 Å². The minimum absolute atomic E-state index is 0.0798. The lowest BCUT2D eigenvalue weighted by Gasteiger charge is -2.23. The molecule has 4 heteroatoms. The zero-order valence-electron chi connectivity index (χ0n) is 9.88. The van der Waals surface area contributed by atoms with Crippen LogP contribution < -0.4 is 9.47 Å². The number of rotatable bonds is 5. The van der Waals surface area contributed by atoms with Crippen LogP contribution in [0.2, 0.25) is 0 Å². The molecule has 0 aliphatic rings. The van der Waals surface area contributed by atoms with Crippen molar-refractivity contribution in [1.29, 1.82) is 0 Å². The van der Waals surface area contributed by atoms with E-state index in [-0.39, 0.29) is 6.61 Å². The molecule has 0 fully saturated rings. The van der Waals surface area contributed by atoms with Gasteiger partial charge in [-0.3, -0.25) is 0 Å². The van der Waals surface area contributed by atoms with Crippen LogP contribution in [0.3, 0.4) is 0 Å². The molecule has 92 valence electrons. The van der Waals surface area contributed by atoms with Crippen LogP contribution in [0, 0.1) is 12.3 Å². The van der Waals surface area contributed by atoms with Crippen molar-refractivity contribution in [2.24, 2.45) is 0 Å². The zero-order valence-corrected chi connectivity index (χ0v) is 9.88. The van der Waals surface area contributed by atoms with E-state index < -0.39 is 11.7 Å². The van der Waals surface area contributed by atoms with E-state index in [1.54, 1.807) is 31.4 Å². The maximum Gasteiger partial charge on any atom is 0.151 e. The molecule has 0 saturated heterocycles. The molecule has 0 radical (unpaired) electrons. The summed E-state index contributed by atoms with van der Waals surface area (Å²) < 4.78 is 10.3. The SMILES string of the molecule is C#C[C@@](C)(O)[C@H](O)COc1ccc(OC)cc1. The summed E-state index contributed by atoms with van der Waals surface area (Å²) in [5.74, 6) is 3.38. The lowest BCUT2D eigenvalue weighted by molar-refractivity contribution is -0.0407. The summed E-state index contributed by atoms with van der Waals surface area (Å²) in [6.45, 7) is 1.28. The highest BCUT2D eigenvalue weighted by Gasteiger charge is 2.28. The molecular weight excluding hydrogens is 220 g/mol. The molecule has 0 unspecified atom stereocenters. The first kappa shape index (κ1) is 13.4. The van der Waals surface area contributed by atoms with Crippen LogP contribution in [0.25, 0.3) is 0 Å². The van der Waals surface area contributed by atoms with Gasteiger partial charge in [0.1, 0.15) is 24.2 Å². The van der Waals surface area contributed by atoms with E-state index in [1.807, 2.05) is 0 Å². The highest BCUT2D eigenvalue weighted by Crippen LogP contribution is 2.18. The van der Waals surface area contributed by atoms with Crippen molar-refractivity contribution in [2.45, 2.75) is 18.6 Å². The molecule has 0 spiro atoms. The second-order valence-corrected chi connectivity index (χ2v) is 3.79. The Labute approximate surface area is 101 Å². The van der Waals surface area contributed by atoms with Crippen LogP contribution in [0.4, 0.5) is 0 Å². The first-order valence-corrected chi connectivity index (χ1v) is 5.14. The normalized spacial score (nSPS) is 15.5. The molecule has 17 heavy (non-hydrogen) atoms. The summed E-state index contributed by atoms with van der Waals surface area (Å²) in [6, 6.07) is 6.88. The van der Waals surface area contributed by atoms with E-state index in [0.717, 1.165) is 0 Å². The van der Waals surface area contributed by atoms with Gasteiger partial charge in [-0.15, -0.1) is 6.42 Å². The third-order valence-electron chi connectivity index (χ3n) is 2.41. The van der Waals surface area contributed by atoms with Crippen LogP contribution in [-0.2, 0) is 0 Å². The molecule has 0 aromatic heterocycles. The molecule has 1 aromatic rings. The van der Waals surface area contributed by atoms with Gasteiger partial charge in [-0.1, -0.05) is 5.92 Å². The fourth-order valence-corrected chi connectivity index (χ4v) is 1.11. The summed E-state index contributed by atoms with van der Waals surface area (Å²) in [7, 11) is 1.57. The van der Waals surface area contributed by atoms with Crippen LogP contribution in [-0.4, -0.2) is 35.6 Å². The molecule has 0 heterocycles. The van der Waals surface area contributed by atoms with Gasteiger partial charge in [0.15, 0.2) is 5.60 Å². The summed E-state index contributed by atoms with van der Waals surface area (Å²) in [5, 5.41) is 19.2. The van der Waals surface area contributed by atoms with Gasteiger partial charge in [0, 0.05) is 0 Å². The maximum atomic E-state index is 9.60. The first-order valence-electron chi connectivity index (χ1n) is 5.14. The zero-order chi connectivity index (χ0) is 12.9. The largest absolute Gasteiger partial charge is 0.497 e. The molecule has 1 rings (SSSR count). The Bertz CT molecular complexity index is 389. The van der Waals surface area contributed by atoms with E-state index in [2.05, 4.69) is 5.92 Å². The van der Waals surface area contributed by atoms with Gasteiger partial charge >= 0.3 is 0 Å². The standard InChI is InChI=1S/C13H16O4/c1-4-13(2,15)12(14)9-17-11-7-5-10(16-3)6-8-11/h1,5-8,12,14-15H,9H2,2-3H3/t12-,13-/m1/s1. The first-order chi connectivity index (χ1) is 7.99. The van der Waals surface area contributed by atoms with Gasteiger partial charge in [0.25, 0.3) is 0 Å².